The number of rotatable bonds is 6. The molecule has 1 spiro atoms. The fraction of sp³-hybridized carbons (Fsp3) is 0.400. The van der Waals surface area contributed by atoms with Crippen LogP contribution in [-0.2, 0) is 11.3 Å². The van der Waals surface area contributed by atoms with Crippen LogP contribution in [0.15, 0.2) is 24.4 Å². The van der Waals surface area contributed by atoms with Crippen LogP contribution in [0, 0.1) is 16.7 Å². The number of ether oxygens (including phenoxy) is 1. The molecule has 0 radical (unpaired) electrons. The molecule has 0 aromatic carbocycles. The molecule has 0 bridgehead atoms. The van der Waals surface area contributed by atoms with Crippen LogP contribution in [0.25, 0.3) is 0 Å². The molecule has 1 N–H and O–H groups in total. The third kappa shape index (κ3) is 3.10. The molecule has 1 amide bonds. The van der Waals surface area contributed by atoms with Crippen molar-refractivity contribution in [1.29, 1.82) is 5.41 Å². The summed E-state index contributed by atoms with van der Waals surface area (Å²) in [4.78, 5) is 18.0. The van der Waals surface area contributed by atoms with Crippen LogP contribution < -0.4 is 4.74 Å². The van der Waals surface area contributed by atoms with Crippen molar-refractivity contribution in [2.45, 2.75) is 13.0 Å². The van der Waals surface area contributed by atoms with Gasteiger partial charge in [0.2, 0.25) is 11.8 Å². The number of aromatic nitrogens is 1. The summed E-state index contributed by atoms with van der Waals surface area (Å²) in [6.45, 7) is -0.218. The van der Waals surface area contributed by atoms with E-state index in [1.54, 1.807) is 17.1 Å². The molecule has 1 atom stereocenters. The summed E-state index contributed by atoms with van der Waals surface area (Å²) in [7, 11) is 0. The minimum atomic E-state index is -2.62. The third-order valence-corrected chi connectivity index (χ3v) is 4.59. The zero-order chi connectivity index (χ0) is 17.5. The van der Waals surface area contributed by atoms with E-state index in [9.17, 15) is 13.6 Å². The van der Waals surface area contributed by atoms with Crippen LogP contribution in [-0.4, -0.2) is 40.5 Å². The molecule has 1 aromatic heterocycles. The van der Waals surface area contributed by atoms with Crippen molar-refractivity contribution >= 4 is 34.3 Å². The van der Waals surface area contributed by atoms with Gasteiger partial charge in [0.05, 0.1) is 11.3 Å². The van der Waals surface area contributed by atoms with Gasteiger partial charge in [-0.05, 0) is 11.6 Å². The Morgan fingerprint density at radius 2 is 2.25 bits per heavy atom. The lowest BCUT2D eigenvalue weighted by Crippen LogP contribution is -2.28. The van der Waals surface area contributed by atoms with Gasteiger partial charge in [-0.15, -0.1) is 0 Å². The van der Waals surface area contributed by atoms with E-state index in [1.807, 2.05) is 0 Å². The molecule has 1 fully saturated rings. The van der Waals surface area contributed by atoms with Crippen LogP contribution in [0.5, 0.6) is 5.88 Å². The van der Waals surface area contributed by atoms with Gasteiger partial charge in [-0.1, -0.05) is 35.4 Å². The standard InChI is InChI=1S/C15H13Cl2F2N3O2/c16-10-3-8(4-21-13(10)24-7-11(18)19)5-22-6-9(12(17)20)15(1-2-15)14(22)23/h1-4,9,11,20H,5-7H2. The first-order chi connectivity index (χ1) is 11.3. The second-order valence-electron chi connectivity index (χ2n) is 5.69. The fourth-order valence-corrected chi connectivity index (χ4v) is 3.28. The Kier molecular flexibility index (Phi) is 4.48. The molecule has 2 aliphatic rings. The Bertz CT molecular complexity index is 721. The van der Waals surface area contributed by atoms with E-state index in [2.05, 4.69) is 4.98 Å². The quantitative estimate of drug-likeness (QED) is 0.613. The van der Waals surface area contributed by atoms with Crippen LogP contribution >= 0.6 is 23.2 Å². The number of carbonyl (C=O) groups is 1. The summed E-state index contributed by atoms with van der Waals surface area (Å²) in [5.41, 5.74) is -0.119. The molecule has 5 nitrogen and oxygen atoms in total. The normalized spacial score (nSPS) is 21.0. The van der Waals surface area contributed by atoms with E-state index in [-0.39, 0.29) is 34.4 Å². The summed E-state index contributed by atoms with van der Waals surface area (Å²) < 4.78 is 29.1. The molecule has 2 heterocycles. The number of pyridine rings is 1. The largest absolute Gasteiger partial charge is 0.471 e. The molecule has 0 saturated carbocycles. The van der Waals surface area contributed by atoms with E-state index < -0.39 is 18.4 Å². The van der Waals surface area contributed by atoms with Gasteiger partial charge >= 0.3 is 0 Å². The zero-order valence-electron chi connectivity index (χ0n) is 12.3. The third-order valence-electron chi connectivity index (χ3n) is 4.05. The predicted octanol–water partition coefficient (Wildman–Crippen LogP) is 3.11. The number of amides is 1. The first-order valence-corrected chi connectivity index (χ1v) is 7.88. The number of hydrogen-bond acceptors (Lipinski definition) is 4. The minimum Gasteiger partial charge on any atom is -0.471 e. The zero-order valence-corrected chi connectivity index (χ0v) is 13.8. The SMILES string of the molecule is N=C(Cl)C1CN(Cc2cnc(OCC(F)F)c(Cl)c2)C(=O)C12C=C2. The van der Waals surface area contributed by atoms with Gasteiger partial charge in [-0.2, -0.15) is 0 Å². The molecule has 1 unspecified atom stereocenters. The number of carbonyl (C=O) groups excluding carboxylic acids is 1. The number of alkyl halides is 2. The van der Waals surface area contributed by atoms with Gasteiger partial charge < -0.3 is 9.64 Å². The summed E-state index contributed by atoms with van der Waals surface area (Å²) >= 11 is 11.8. The second-order valence-corrected chi connectivity index (χ2v) is 6.50. The Hall–Kier alpha value is -1.73. The maximum absolute atomic E-state index is 12.5. The molecule has 1 aromatic rings. The highest BCUT2D eigenvalue weighted by Crippen LogP contribution is 2.50. The molecule has 9 heteroatoms. The Labute approximate surface area is 146 Å². The second kappa shape index (κ2) is 6.29. The Morgan fingerprint density at radius 1 is 1.54 bits per heavy atom. The van der Waals surface area contributed by atoms with Crippen molar-refractivity contribution in [3.8, 4) is 5.88 Å². The van der Waals surface area contributed by atoms with Gasteiger partial charge in [0.25, 0.3) is 6.43 Å². The molecule has 1 aliphatic carbocycles. The summed E-state index contributed by atoms with van der Waals surface area (Å²) in [6.07, 6.45) is 2.31. The highest BCUT2D eigenvalue weighted by molar-refractivity contribution is 6.65. The Balaban J connectivity index is 1.69. The monoisotopic (exact) mass is 375 g/mol. The maximum Gasteiger partial charge on any atom is 0.272 e. The molecule has 24 heavy (non-hydrogen) atoms. The first-order valence-electron chi connectivity index (χ1n) is 7.12. The van der Waals surface area contributed by atoms with Crippen LogP contribution in [0.2, 0.25) is 5.02 Å². The molecule has 1 saturated heterocycles. The fourth-order valence-electron chi connectivity index (χ4n) is 2.79. The highest BCUT2D eigenvalue weighted by Gasteiger charge is 2.58. The Morgan fingerprint density at radius 3 is 2.75 bits per heavy atom. The predicted molar refractivity (Wildman–Crippen MR) is 84.8 cm³/mol. The average Bonchev–Trinajstić information content (AvgIpc) is 3.25. The molecular weight excluding hydrogens is 363 g/mol. The summed E-state index contributed by atoms with van der Waals surface area (Å²) in [5.74, 6) is -0.565. The van der Waals surface area contributed by atoms with Gasteiger partial charge in [0.15, 0.2) is 6.61 Å². The number of nitrogens with one attached hydrogen (secondary N) is 1. The summed E-state index contributed by atoms with van der Waals surface area (Å²) in [6, 6.07) is 1.52. The van der Waals surface area contributed by atoms with E-state index in [1.165, 1.54) is 12.3 Å². The number of likely N-dealkylation sites (tertiary alicyclic amines) is 1. The van der Waals surface area contributed by atoms with Crippen LogP contribution in [0.4, 0.5) is 8.78 Å². The van der Waals surface area contributed by atoms with Gasteiger partial charge in [-0.25, -0.2) is 13.8 Å². The van der Waals surface area contributed by atoms with E-state index in [4.69, 9.17) is 33.3 Å². The lowest BCUT2D eigenvalue weighted by atomic mass is 9.91. The van der Waals surface area contributed by atoms with Crippen molar-refractivity contribution in [1.82, 2.24) is 9.88 Å². The minimum absolute atomic E-state index is 0.0530. The van der Waals surface area contributed by atoms with E-state index in [0.29, 0.717) is 12.1 Å². The average molecular weight is 376 g/mol. The molecule has 1 aliphatic heterocycles. The van der Waals surface area contributed by atoms with Crippen molar-refractivity contribution in [3.05, 3.63) is 35.0 Å². The molecule has 128 valence electrons. The van der Waals surface area contributed by atoms with Gasteiger partial charge in [0.1, 0.15) is 10.2 Å². The number of nitrogens with zero attached hydrogens (tertiary/aromatic N) is 2. The summed E-state index contributed by atoms with van der Waals surface area (Å²) in [5, 5.41) is 7.67. The van der Waals surface area contributed by atoms with Gasteiger partial charge in [0, 0.05) is 19.3 Å². The topological polar surface area (TPSA) is 66.3 Å². The maximum atomic E-state index is 12.5. The lowest BCUT2D eigenvalue weighted by Gasteiger charge is -2.17. The number of halogens is 4. The van der Waals surface area contributed by atoms with E-state index >= 15 is 0 Å². The van der Waals surface area contributed by atoms with E-state index in [0.717, 1.165) is 0 Å². The van der Waals surface area contributed by atoms with Crippen molar-refractivity contribution < 1.29 is 18.3 Å². The smallest absolute Gasteiger partial charge is 0.272 e. The van der Waals surface area contributed by atoms with Crippen molar-refractivity contribution in [2.75, 3.05) is 13.2 Å². The van der Waals surface area contributed by atoms with Gasteiger partial charge in [-0.3, -0.25) is 10.2 Å². The van der Waals surface area contributed by atoms with Crippen LogP contribution in [0.3, 0.4) is 0 Å². The van der Waals surface area contributed by atoms with Crippen molar-refractivity contribution in [2.24, 2.45) is 11.3 Å². The molecular formula is C15H13Cl2F2N3O2. The highest BCUT2D eigenvalue weighted by atomic mass is 35.5. The first kappa shape index (κ1) is 17.1. The van der Waals surface area contributed by atoms with Crippen molar-refractivity contribution in [3.63, 3.8) is 0 Å². The number of hydrogen-bond donors (Lipinski definition) is 1. The lowest BCUT2D eigenvalue weighted by molar-refractivity contribution is -0.131. The van der Waals surface area contributed by atoms with Crippen LogP contribution in [0.1, 0.15) is 5.56 Å². The molecule has 3 rings (SSSR count).